The summed E-state index contributed by atoms with van der Waals surface area (Å²) in [6, 6.07) is 17.3. The van der Waals surface area contributed by atoms with Gasteiger partial charge in [-0.25, -0.2) is 4.68 Å². The quantitative estimate of drug-likeness (QED) is 0.497. The van der Waals surface area contributed by atoms with Crippen LogP contribution in [0.3, 0.4) is 0 Å². The number of nitrogens with zero attached hydrogens (tertiary/aromatic N) is 4. The van der Waals surface area contributed by atoms with Crippen molar-refractivity contribution in [2.45, 2.75) is 0 Å². The highest BCUT2D eigenvalue weighted by Crippen LogP contribution is 2.13. The molecule has 0 unspecified atom stereocenters. The number of rotatable bonds is 7. The summed E-state index contributed by atoms with van der Waals surface area (Å²) in [6.07, 6.45) is 4.77. The van der Waals surface area contributed by atoms with E-state index < -0.39 is 0 Å². The third kappa shape index (κ3) is 4.67. The SMILES string of the molecule is C(=N\n1cnnc1)/c1cccc(OCCOc2ccccc2)c1. The van der Waals surface area contributed by atoms with Crippen molar-refractivity contribution in [2.75, 3.05) is 13.2 Å². The predicted molar refractivity (Wildman–Crippen MR) is 86.9 cm³/mol. The van der Waals surface area contributed by atoms with E-state index in [1.165, 1.54) is 17.3 Å². The summed E-state index contributed by atoms with van der Waals surface area (Å²) in [7, 11) is 0. The molecule has 0 aliphatic carbocycles. The average molecular weight is 308 g/mol. The Morgan fingerprint density at radius 1 is 0.870 bits per heavy atom. The van der Waals surface area contributed by atoms with E-state index in [1.807, 2.05) is 54.6 Å². The summed E-state index contributed by atoms with van der Waals surface area (Å²) in [6.45, 7) is 0.962. The normalized spacial score (nSPS) is 10.8. The number of aromatic nitrogens is 3. The van der Waals surface area contributed by atoms with E-state index in [4.69, 9.17) is 9.47 Å². The van der Waals surface area contributed by atoms with Gasteiger partial charge in [-0.05, 0) is 29.8 Å². The molecule has 3 aromatic rings. The first-order valence-corrected chi connectivity index (χ1v) is 7.20. The minimum absolute atomic E-state index is 0.473. The fourth-order valence-electron chi connectivity index (χ4n) is 1.91. The zero-order valence-corrected chi connectivity index (χ0v) is 12.4. The second kappa shape index (κ2) is 7.74. The van der Waals surface area contributed by atoms with Crippen LogP contribution in [0.1, 0.15) is 5.56 Å². The van der Waals surface area contributed by atoms with Crippen molar-refractivity contribution < 1.29 is 9.47 Å². The summed E-state index contributed by atoms with van der Waals surface area (Å²) < 4.78 is 12.8. The van der Waals surface area contributed by atoms with Crippen LogP contribution in [0.4, 0.5) is 0 Å². The minimum Gasteiger partial charge on any atom is -0.490 e. The van der Waals surface area contributed by atoms with Gasteiger partial charge in [0.1, 0.15) is 37.4 Å². The molecule has 0 N–H and O–H groups in total. The molecule has 1 heterocycles. The van der Waals surface area contributed by atoms with Gasteiger partial charge in [0.2, 0.25) is 0 Å². The fourth-order valence-corrected chi connectivity index (χ4v) is 1.91. The van der Waals surface area contributed by atoms with Crippen molar-refractivity contribution in [3.05, 3.63) is 72.8 Å². The average Bonchev–Trinajstić information content (AvgIpc) is 3.12. The van der Waals surface area contributed by atoms with Crippen molar-refractivity contribution in [2.24, 2.45) is 5.10 Å². The van der Waals surface area contributed by atoms with E-state index in [9.17, 15) is 0 Å². The smallest absolute Gasteiger partial charge is 0.141 e. The van der Waals surface area contributed by atoms with Gasteiger partial charge in [0.05, 0.1) is 6.21 Å². The van der Waals surface area contributed by atoms with E-state index in [0.717, 1.165) is 17.1 Å². The maximum Gasteiger partial charge on any atom is 0.141 e. The van der Waals surface area contributed by atoms with Gasteiger partial charge in [0, 0.05) is 0 Å². The Morgan fingerprint density at radius 3 is 2.35 bits per heavy atom. The lowest BCUT2D eigenvalue weighted by molar-refractivity contribution is 0.217. The van der Waals surface area contributed by atoms with E-state index in [1.54, 1.807) is 6.21 Å². The summed E-state index contributed by atoms with van der Waals surface area (Å²) in [5.74, 6) is 1.61. The molecule has 0 atom stereocenters. The highest BCUT2D eigenvalue weighted by Gasteiger charge is 1.97. The van der Waals surface area contributed by atoms with Crippen molar-refractivity contribution in [1.29, 1.82) is 0 Å². The van der Waals surface area contributed by atoms with Crippen LogP contribution < -0.4 is 9.47 Å². The lowest BCUT2D eigenvalue weighted by atomic mass is 10.2. The van der Waals surface area contributed by atoms with E-state index >= 15 is 0 Å². The molecule has 0 radical (unpaired) electrons. The fraction of sp³-hybridized carbons (Fsp3) is 0.118. The van der Waals surface area contributed by atoms with E-state index in [2.05, 4.69) is 15.3 Å². The molecule has 116 valence electrons. The second-order valence-corrected chi connectivity index (χ2v) is 4.67. The molecule has 0 aliphatic heterocycles. The third-order valence-corrected chi connectivity index (χ3v) is 2.97. The monoisotopic (exact) mass is 308 g/mol. The van der Waals surface area contributed by atoms with Gasteiger partial charge in [-0.3, -0.25) is 0 Å². The zero-order chi connectivity index (χ0) is 15.7. The van der Waals surface area contributed by atoms with E-state index in [0.29, 0.717) is 13.2 Å². The lowest BCUT2D eigenvalue weighted by Crippen LogP contribution is -2.09. The van der Waals surface area contributed by atoms with Gasteiger partial charge in [-0.2, -0.15) is 5.10 Å². The Morgan fingerprint density at radius 2 is 1.57 bits per heavy atom. The number of hydrogen-bond donors (Lipinski definition) is 0. The van der Waals surface area contributed by atoms with Gasteiger partial charge in [0.25, 0.3) is 0 Å². The lowest BCUT2D eigenvalue weighted by Gasteiger charge is -2.08. The van der Waals surface area contributed by atoms with Crippen LogP contribution in [0.15, 0.2) is 72.4 Å². The van der Waals surface area contributed by atoms with Gasteiger partial charge >= 0.3 is 0 Å². The van der Waals surface area contributed by atoms with Crippen LogP contribution in [-0.4, -0.2) is 34.3 Å². The summed E-state index contributed by atoms with van der Waals surface area (Å²) in [5, 5.41) is 11.6. The molecular formula is C17H16N4O2. The van der Waals surface area contributed by atoms with Crippen LogP contribution in [-0.2, 0) is 0 Å². The highest BCUT2D eigenvalue weighted by atomic mass is 16.5. The molecule has 0 bridgehead atoms. The van der Waals surface area contributed by atoms with Gasteiger partial charge < -0.3 is 9.47 Å². The van der Waals surface area contributed by atoms with Crippen molar-refractivity contribution in [1.82, 2.24) is 14.9 Å². The molecule has 0 fully saturated rings. The highest BCUT2D eigenvalue weighted by molar-refractivity contribution is 5.80. The largest absolute Gasteiger partial charge is 0.490 e. The summed E-state index contributed by atoms with van der Waals surface area (Å²) in [5.41, 5.74) is 0.931. The molecule has 3 rings (SSSR count). The maximum atomic E-state index is 5.69. The molecule has 0 aliphatic rings. The van der Waals surface area contributed by atoms with Crippen molar-refractivity contribution >= 4 is 6.21 Å². The number of ether oxygens (including phenoxy) is 2. The van der Waals surface area contributed by atoms with Crippen LogP contribution >= 0.6 is 0 Å². The minimum atomic E-state index is 0.473. The molecule has 0 saturated heterocycles. The van der Waals surface area contributed by atoms with Crippen molar-refractivity contribution in [3.63, 3.8) is 0 Å². The topological polar surface area (TPSA) is 61.5 Å². The molecule has 0 amide bonds. The molecule has 6 heteroatoms. The Kier molecular flexibility index (Phi) is 4.97. The van der Waals surface area contributed by atoms with Crippen LogP contribution in [0.2, 0.25) is 0 Å². The predicted octanol–water partition coefficient (Wildman–Crippen LogP) is 2.62. The maximum absolute atomic E-state index is 5.69. The van der Waals surface area contributed by atoms with Gasteiger partial charge in [-0.15, -0.1) is 10.2 Å². The van der Waals surface area contributed by atoms with E-state index in [-0.39, 0.29) is 0 Å². The van der Waals surface area contributed by atoms with Gasteiger partial charge in [0.15, 0.2) is 0 Å². The third-order valence-electron chi connectivity index (χ3n) is 2.97. The Balaban J connectivity index is 1.49. The Bertz CT molecular complexity index is 742. The molecule has 0 saturated carbocycles. The van der Waals surface area contributed by atoms with Crippen molar-refractivity contribution in [3.8, 4) is 11.5 Å². The number of para-hydroxylation sites is 1. The standard InChI is InChI=1S/C17H16N4O2/c1-2-6-16(7-3-1)22-9-10-23-17-8-4-5-15(11-17)12-20-21-13-18-19-14-21/h1-8,11-14H,9-10H2/b20-12+. The van der Waals surface area contributed by atoms with Crippen LogP contribution in [0, 0.1) is 0 Å². The summed E-state index contributed by atoms with van der Waals surface area (Å²) in [4.78, 5) is 0. The Labute approximate surface area is 134 Å². The first-order chi connectivity index (χ1) is 11.4. The second-order valence-electron chi connectivity index (χ2n) is 4.67. The molecule has 23 heavy (non-hydrogen) atoms. The number of benzene rings is 2. The molecule has 2 aromatic carbocycles. The Hall–Kier alpha value is -3.15. The zero-order valence-electron chi connectivity index (χ0n) is 12.4. The van der Waals surface area contributed by atoms with Gasteiger partial charge in [-0.1, -0.05) is 30.3 Å². The molecule has 6 nitrogen and oxygen atoms in total. The van der Waals surface area contributed by atoms with Crippen LogP contribution in [0.5, 0.6) is 11.5 Å². The number of hydrogen-bond acceptors (Lipinski definition) is 5. The van der Waals surface area contributed by atoms with Crippen LogP contribution in [0.25, 0.3) is 0 Å². The molecular weight excluding hydrogens is 292 g/mol. The molecule has 1 aromatic heterocycles. The summed E-state index contributed by atoms with van der Waals surface area (Å²) >= 11 is 0. The first-order valence-electron chi connectivity index (χ1n) is 7.20. The molecule has 0 spiro atoms. The first kappa shape index (κ1) is 14.8.